The largest absolute Gasteiger partial charge is 0.392 e. The molecule has 2 aliphatic rings. The maximum atomic E-state index is 13.1. The standard InChI is InChI=1S/C25H40N2O2/c1-18(14-19-10-6-5-7-11-19)23(28)17-27-16-21-13-9-8-12-20(21)15-22(27)24(29)26-25(2,3)4/h5-7,10-11,18,20-23,28H,8-9,12-17H2,1-4H3,(H,26,29)/t18-,20-,21+,22-,23+/m0/s1. The molecule has 1 aliphatic heterocycles. The number of likely N-dealkylation sites (tertiary alicyclic amines) is 1. The maximum Gasteiger partial charge on any atom is 0.237 e. The van der Waals surface area contributed by atoms with Gasteiger partial charge in [0.1, 0.15) is 0 Å². The smallest absolute Gasteiger partial charge is 0.237 e. The second-order valence-corrected chi connectivity index (χ2v) is 10.5. The van der Waals surface area contributed by atoms with E-state index in [2.05, 4.69) is 41.4 Å². The number of carbonyl (C=O) groups is 1. The van der Waals surface area contributed by atoms with Crippen LogP contribution in [0.3, 0.4) is 0 Å². The first-order valence-electron chi connectivity index (χ1n) is 11.5. The molecule has 0 radical (unpaired) electrons. The van der Waals surface area contributed by atoms with Gasteiger partial charge in [0.2, 0.25) is 5.91 Å². The van der Waals surface area contributed by atoms with Crippen molar-refractivity contribution >= 4 is 5.91 Å². The average Bonchev–Trinajstić information content (AvgIpc) is 2.66. The Morgan fingerprint density at radius 1 is 1.17 bits per heavy atom. The fraction of sp³-hybridized carbons (Fsp3) is 0.720. The predicted octanol–water partition coefficient (Wildman–Crippen LogP) is 4.02. The Balaban J connectivity index is 1.67. The first-order chi connectivity index (χ1) is 13.7. The van der Waals surface area contributed by atoms with E-state index in [4.69, 9.17) is 0 Å². The summed E-state index contributed by atoms with van der Waals surface area (Å²) in [5.41, 5.74) is 1.03. The molecule has 4 nitrogen and oxygen atoms in total. The lowest BCUT2D eigenvalue weighted by atomic mass is 9.72. The summed E-state index contributed by atoms with van der Waals surface area (Å²) in [6.45, 7) is 9.77. The van der Waals surface area contributed by atoms with Crippen LogP contribution < -0.4 is 5.32 Å². The lowest BCUT2D eigenvalue weighted by Crippen LogP contribution is -2.59. The Kier molecular flexibility index (Phi) is 7.39. The highest BCUT2D eigenvalue weighted by Crippen LogP contribution is 2.39. The number of nitrogens with one attached hydrogen (secondary N) is 1. The van der Waals surface area contributed by atoms with Crippen LogP contribution in [0.1, 0.15) is 65.4 Å². The second-order valence-electron chi connectivity index (χ2n) is 10.5. The third kappa shape index (κ3) is 6.29. The molecule has 0 unspecified atom stereocenters. The molecule has 5 atom stereocenters. The van der Waals surface area contributed by atoms with Crippen LogP contribution in [0.25, 0.3) is 0 Å². The van der Waals surface area contributed by atoms with Gasteiger partial charge in [-0.05, 0) is 63.4 Å². The third-order valence-electron chi connectivity index (χ3n) is 6.78. The molecule has 2 N–H and O–H groups in total. The van der Waals surface area contributed by atoms with E-state index in [0.717, 1.165) is 19.4 Å². The highest BCUT2D eigenvalue weighted by Gasteiger charge is 2.41. The zero-order valence-corrected chi connectivity index (χ0v) is 18.7. The van der Waals surface area contributed by atoms with E-state index < -0.39 is 6.10 Å². The van der Waals surface area contributed by atoms with Gasteiger partial charge in [0, 0.05) is 18.6 Å². The Hall–Kier alpha value is -1.39. The highest BCUT2D eigenvalue weighted by atomic mass is 16.3. The molecule has 1 amide bonds. The zero-order chi connectivity index (χ0) is 21.0. The normalized spacial score (nSPS) is 27.7. The lowest BCUT2D eigenvalue weighted by Gasteiger charge is -2.47. The van der Waals surface area contributed by atoms with Crippen LogP contribution in [-0.4, -0.2) is 46.7 Å². The minimum absolute atomic E-state index is 0.118. The van der Waals surface area contributed by atoms with Crippen LogP contribution in [0, 0.1) is 17.8 Å². The van der Waals surface area contributed by atoms with Crippen LogP contribution in [0.2, 0.25) is 0 Å². The zero-order valence-electron chi connectivity index (χ0n) is 18.7. The monoisotopic (exact) mass is 400 g/mol. The number of hydrogen-bond acceptors (Lipinski definition) is 3. The molecule has 2 fully saturated rings. The number of aliphatic hydroxyl groups is 1. The van der Waals surface area contributed by atoms with Gasteiger partial charge >= 0.3 is 0 Å². The summed E-state index contributed by atoms with van der Waals surface area (Å²) < 4.78 is 0. The number of aliphatic hydroxyl groups excluding tert-OH is 1. The fourth-order valence-electron chi connectivity index (χ4n) is 5.17. The molecule has 29 heavy (non-hydrogen) atoms. The minimum atomic E-state index is -0.430. The average molecular weight is 401 g/mol. The maximum absolute atomic E-state index is 13.1. The van der Waals surface area contributed by atoms with Crippen LogP contribution in [0.4, 0.5) is 0 Å². The summed E-state index contributed by atoms with van der Waals surface area (Å²) in [6.07, 6.45) is 6.49. The summed E-state index contributed by atoms with van der Waals surface area (Å²) in [7, 11) is 0. The quantitative estimate of drug-likeness (QED) is 0.758. The third-order valence-corrected chi connectivity index (χ3v) is 6.78. The van der Waals surface area contributed by atoms with E-state index in [1.807, 2.05) is 26.8 Å². The molecule has 0 spiro atoms. The summed E-state index contributed by atoms with van der Waals surface area (Å²) in [5, 5.41) is 14.2. The topological polar surface area (TPSA) is 52.6 Å². The number of carbonyl (C=O) groups excluding carboxylic acids is 1. The second kappa shape index (κ2) is 9.61. The van der Waals surface area contributed by atoms with Gasteiger partial charge in [-0.25, -0.2) is 0 Å². The molecular formula is C25H40N2O2. The van der Waals surface area contributed by atoms with Crippen molar-refractivity contribution in [3.8, 4) is 0 Å². The number of nitrogens with zero attached hydrogens (tertiary/aromatic N) is 1. The Morgan fingerprint density at radius 2 is 1.83 bits per heavy atom. The molecule has 1 saturated heterocycles. The number of piperidine rings is 1. The van der Waals surface area contributed by atoms with Crippen molar-refractivity contribution < 1.29 is 9.90 Å². The van der Waals surface area contributed by atoms with Crippen LogP contribution in [0.5, 0.6) is 0 Å². The molecule has 1 aromatic rings. The van der Waals surface area contributed by atoms with Crippen molar-refractivity contribution in [2.24, 2.45) is 17.8 Å². The van der Waals surface area contributed by atoms with E-state index in [9.17, 15) is 9.90 Å². The van der Waals surface area contributed by atoms with Crippen molar-refractivity contribution in [2.75, 3.05) is 13.1 Å². The van der Waals surface area contributed by atoms with Crippen molar-refractivity contribution in [3.05, 3.63) is 35.9 Å². The summed E-state index contributed by atoms with van der Waals surface area (Å²) in [4.78, 5) is 15.4. The van der Waals surface area contributed by atoms with Gasteiger partial charge in [0.15, 0.2) is 0 Å². The van der Waals surface area contributed by atoms with Crippen molar-refractivity contribution in [1.82, 2.24) is 10.2 Å². The summed E-state index contributed by atoms with van der Waals surface area (Å²) >= 11 is 0. The summed E-state index contributed by atoms with van der Waals surface area (Å²) in [5.74, 6) is 1.63. The van der Waals surface area contributed by atoms with Crippen LogP contribution >= 0.6 is 0 Å². The SMILES string of the molecule is C[C@@H](Cc1ccccc1)[C@H](O)CN1C[C@H]2CCCC[C@H]2C[C@H]1C(=O)NC(C)(C)C. The number of rotatable bonds is 6. The number of hydrogen-bond donors (Lipinski definition) is 2. The van der Waals surface area contributed by atoms with Gasteiger partial charge < -0.3 is 10.4 Å². The number of amides is 1. The lowest BCUT2D eigenvalue weighted by molar-refractivity contribution is -0.132. The van der Waals surface area contributed by atoms with Gasteiger partial charge in [-0.3, -0.25) is 9.69 Å². The van der Waals surface area contributed by atoms with E-state index in [1.54, 1.807) is 0 Å². The molecule has 0 aromatic heterocycles. The fourth-order valence-corrected chi connectivity index (χ4v) is 5.17. The van der Waals surface area contributed by atoms with E-state index in [1.165, 1.54) is 31.2 Å². The van der Waals surface area contributed by atoms with Crippen LogP contribution in [-0.2, 0) is 11.2 Å². The first kappa shape index (κ1) is 22.3. The van der Waals surface area contributed by atoms with Crippen molar-refractivity contribution in [3.63, 3.8) is 0 Å². The molecule has 4 heteroatoms. The van der Waals surface area contributed by atoms with Crippen molar-refractivity contribution in [1.29, 1.82) is 0 Å². The van der Waals surface area contributed by atoms with Crippen molar-refractivity contribution in [2.45, 2.75) is 83.9 Å². The molecular weight excluding hydrogens is 360 g/mol. The van der Waals surface area contributed by atoms with Gasteiger partial charge in [-0.2, -0.15) is 0 Å². The molecule has 3 rings (SSSR count). The molecule has 0 bridgehead atoms. The van der Waals surface area contributed by atoms with Gasteiger partial charge in [0.05, 0.1) is 12.1 Å². The Labute approximate surface area is 177 Å². The van der Waals surface area contributed by atoms with E-state index in [0.29, 0.717) is 18.4 Å². The molecule has 1 heterocycles. The summed E-state index contributed by atoms with van der Waals surface area (Å²) in [6, 6.07) is 10.3. The molecule has 1 saturated carbocycles. The Bertz CT molecular complexity index is 655. The molecule has 1 aliphatic carbocycles. The van der Waals surface area contributed by atoms with E-state index in [-0.39, 0.29) is 23.4 Å². The number of β-amino-alcohol motifs (C(OH)–C–C–N with tert-alkyl or cyclic N) is 1. The predicted molar refractivity (Wildman–Crippen MR) is 119 cm³/mol. The highest BCUT2D eigenvalue weighted by molar-refractivity contribution is 5.82. The number of benzene rings is 1. The molecule has 1 aromatic carbocycles. The molecule has 162 valence electrons. The van der Waals surface area contributed by atoms with E-state index >= 15 is 0 Å². The van der Waals surface area contributed by atoms with Gasteiger partial charge in [0.25, 0.3) is 0 Å². The van der Waals surface area contributed by atoms with Gasteiger partial charge in [-0.15, -0.1) is 0 Å². The Morgan fingerprint density at radius 3 is 2.48 bits per heavy atom. The minimum Gasteiger partial charge on any atom is -0.392 e. The van der Waals surface area contributed by atoms with Gasteiger partial charge in [-0.1, -0.05) is 56.5 Å². The van der Waals surface area contributed by atoms with Crippen LogP contribution in [0.15, 0.2) is 30.3 Å². The number of fused-ring (bicyclic) bond motifs is 1. The first-order valence-corrected chi connectivity index (χ1v) is 11.5.